The van der Waals surface area contributed by atoms with Gasteiger partial charge in [0.05, 0.1) is 23.1 Å². The molecule has 3 aromatic rings. The highest BCUT2D eigenvalue weighted by atomic mass is 32.2. The van der Waals surface area contributed by atoms with Crippen molar-refractivity contribution >= 4 is 15.9 Å². The molecule has 2 N–H and O–H groups in total. The van der Waals surface area contributed by atoms with Crippen LogP contribution in [0.1, 0.15) is 46.9 Å². The minimum Gasteiger partial charge on any atom is -0.339 e. The highest BCUT2D eigenvalue weighted by Gasteiger charge is 2.23. The number of aryl methyl sites for hydroxylation is 3. The smallest absolute Gasteiger partial charge is 0.251 e. The normalized spacial score (nSPS) is 12.6. The number of benzene rings is 1. The molecule has 0 aliphatic carbocycles. The summed E-state index contributed by atoms with van der Waals surface area (Å²) in [6, 6.07) is 7.86. The SMILES string of the molecule is Cc1cc(C)nc(-n2nc(C)c(CC(=O)N(C)C(C)c3cccc(S(N)(=O)=O)c3)c2C)n1. The van der Waals surface area contributed by atoms with Gasteiger partial charge in [0.1, 0.15) is 0 Å². The Kier molecular flexibility index (Phi) is 6.47. The van der Waals surface area contributed by atoms with E-state index in [1.807, 2.05) is 40.7 Å². The summed E-state index contributed by atoms with van der Waals surface area (Å²) in [5.74, 6) is 0.355. The van der Waals surface area contributed by atoms with Crippen LogP contribution in [0, 0.1) is 27.7 Å². The van der Waals surface area contributed by atoms with Gasteiger partial charge in [-0.25, -0.2) is 28.2 Å². The predicted molar refractivity (Wildman–Crippen MR) is 121 cm³/mol. The molecular weight excluding hydrogens is 428 g/mol. The Labute approximate surface area is 188 Å². The van der Waals surface area contributed by atoms with Crippen LogP contribution in [0.15, 0.2) is 35.2 Å². The summed E-state index contributed by atoms with van der Waals surface area (Å²) in [7, 11) is -2.13. The van der Waals surface area contributed by atoms with E-state index in [2.05, 4.69) is 15.1 Å². The molecular formula is C22H28N6O3S. The molecule has 0 spiro atoms. The van der Waals surface area contributed by atoms with Gasteiger partial charge in [-0.2, -0.15) is 5.10 Å². The van der Waals surface area contributed by atoms with Crippen molar-refractivity contribution in [3.63, 3.8) is 0 Å². The second kappa shape index (κ2) is 8.79. The van der Waals surface area contributed by atoms with Gasteiger partial charge in [0.15, 0.2) is 0 Å². The first-order valence-corrected chi connectivity index (χ1v) is 11.7. The fourth-order valence-corrected chi connectivity index (χ4v) is 4.16. The van der Waals surface area contributed by atoms with E-state index in [9.17, 15) is 13.2 Å². The first kappa shape index (κ1) is 23.6. The van der Waals surface area contributed by atoms with Crippen molar-refractivity contribution in [3.8, 4) is 5.95 Å². The quantitative estimate of drug-likeness (QED) is 0.607. The number of likely N-dealkylation sites (N-methyl/N-ethyl adjacent to an activating group) is 1. The Morgan fingerprint density at radius 2 is 1.75 bits per heavy atom. The van der Waals surface area contributed by atoms with E-state index in [1.165, 1.54) is 12.1 Å². The summed E-state index contributed by atoms with van der Waals surface area (Å²) in [4.78, 5) is 23.6. The van der Waals surface area contributed by atoms with Gasteiger partial charge in [-0.05, 0) is 58.4 Å². The molecule has 0 saturated heterocycles. The van der Waals surface area contributed by atoms with E-state index >= 15 is 0 Å². The molecule has 10 heteroatoms. The van der Waals surface area contributed by atoms with Crippen LogP contribution in [0.2, 0.25) is 0 Å². The van der Waals surface area contributed by atoms with Gasteiger partial charge in [-0.15, -0.1) is 0 Å². The van der Waals surface area contributed by atoms with Crippen LogP contribution in [0.5, 0.6) is 0 Å². The molecule has 1 atom stereocenters. The molecule has 32 heavy (non-hydrogen) atoms. The molecule has 1 aromatic carbocycles. The molecule has 2 heterocycles. The predicted octanol–water partition coefficient (Wildman–Crippen LogP) is 2.31. The van der Waals surface area contributed by atoms with Crippen molar-refractivity contribution in [1.29, 1.82) is 0 Å². The number of primary sulfonamides is 1. The Morgan fingerprint density at radius 3 is 2.34 bits per heavy atom. The minimum absolute atomic E-state index is 0.0177. The Hall–Kier alpha value is -3.11. The third kappa shape index (κ3) is 4.86. The number of rotatable bonds is 6. The summed E-state index contributed by atoms with van der Waals surface area (Å²) in [6.07, 6.45) is 0.151. The lowest BCUT2D eigenvalue weighted by molar-refractivity contribution is -0.131. The zero-order chi connectivity index (χ0) is 23.8. The maximum atomic E-state index is 13.1. The maximum absolute atomic E-state index is 13.1. The average Bonchev–Trinajstić information content (AvgIpc) is 2.99. The number of nitrogens with zero attached hydrogens (tertiary/aromatic N) is 5. The van der Waals surface area contributed by atoms with Crippen LogP contribution in [0.25, 0.3) is 5.95 Å². The molecule has 0 bridgehead atoms. The van der Waals surface area contributed by atoms with Gasteiger partial charge in [-0.1, -0.05) is 12.1 Å². The van der Waals surface area contributed by atoms with Crippen LogP contribution in [0.4, 0.5) is 0 Å². The summed E-state index contributed by atoms with van der Waals surface area (Å²) in [5, 5.41) is 9.80. The zero-order valence-electron chi connectivity index (χ0n) is 19.1. The number of carbonyl (C=O) groups is 1. The highest BCUT2D eigenvalue weighted by Crippen LogP contribution is 2.24. The molecule has 0 aliphatic heterocycles. The third-order valence-corrected chi connectivity index (χ3v) is 6.48. The second-order valence-electron chi connectivity index (χ2n) is 7.99. The van der Waals surface area contributed by atoms with Crippen LogP contribution >= 0.6 is 0 Å². The number of carbonyl (C=O) groups excluding carboxylic acids is 1. The van der Waals surface area contributed by atoms with Gasteiger partial charge < -0.3 is 4.90 Å². The lowest BCUT2D eigenvalue weighted by Gasteiger charge is -2.26. The summed E-state index contributed by atoms with van der Waals surface area (Å²) >= 11 is 0. The molecule has 0 fully saturated rings. The van der Waals surface area contributed by atoms with Crippen LogP contribution < -0.4 is 5.14 Å². The van der Waals surface area contributed by atoms with E-state index in [4.69, 9.17) is 5.14 Å². The number of hydrogen-bond acceptors (Lipinski definition) is 6. The first-order chi connectivity index (χ1) is 14.9. The van der Waals surface area contributed by atoms with Crippen molar-refractivity contribution in [1.82, 2.24) is 24.6 Å². The van der Waals surface area contributed by atoms with E-state index in [-0.39, 0.29) is 23.3 Å². The van der Waals surface area contributed by atoms with Gasteiger partial charge in [0.2, 0.25) is 15.9 Å². The molecule has 3 rings (SSSR count). The number of nitrogens with two attached hydrogens (primary N) is 1. The lowest BCUT2D eigenvalue weighted by Crippen LogP contribution is -2.31. The monoisotopic (exact) mass is 456 g/mol. The molecule has 9 nitrogen and oxygen atoms in total. The highest BCUT2D eigenvalue weighted by molar-refractivity contribution is 7.89. The summed E-state index contributed by atoms with van der Waals surface area (Å²) in [5.41, 5.74) is 4.71. The van der Waals surface area contributed by atoms with Crippen molar-refractivity contribution in [2.45, 2.75) is 52.0 Å². The van der Waals surface area contributed by atoms with E-state index in [0.29, 0.717) is 11.5 Å². The van der Waals surface area contributed by atoms with Crippen LogP contribution in [0.3, 0.4) is 0 Å². The standard InChI is InChI=1S/C22H28N6O3S/c1-13-10-14(2)25-22(24-13)28-17(5)20(15(3)26-28)12-21(29)27(6)16(4)18-8-7-9-19(11-18)32(23,30)31/h7-11,16H,12H2,1-6H3,(H2,23,30,31). The number of amides is 1. The number of hydrogen-bond donors (Lipinski definition) is 1. The van der Waals surface area contributed by atoms with Crippen molar-refractivity contribution < 1.29 is 13.2 Å². The first-order valence-electron chi connectivity index (χ1n) is 10.1. The Bertz CT molecular complexity index is 1260. The minimum atomic E-state index is -3.82. The Balaban J connectivity index is 1.85. The second-order valence-corrected chi connectivity index (χ2v) is 9.55. The Morgan fingerprint density at radius 1 is 1.12 bits per heavy atom. The molecule has 2 aromatic heterocycles. The van der Waals surface area contributed by atoms with E-state index in [1.54, 1.807) is 28.8 Å². The van der Waals surface area contributed by atoms with Gasteiger partial charge in [-0.3, -0.25) is 4.79 Å². The molecule has 0 saturated carbocycles. The third-order valence-electron chi connectivity index (χ3n) is 5.57. The van der Waals surface area contributed by atoms with E-state index < -0.39 is 10.0 Å². The van der Waals surface area contributed by atoms with Crippen molar-refractivity contribution in [2.75, 3.05) is 7.05 Å². The fraction of sp³-hybridized carbons (Fsp3) is 0.364. The van der Waals surface area contributed by atoms with Crippen LogP contribution in [-0.4, -0.2) is 46.0 Å². The number of aromatic nitrogens is 4. The lowest BCUT2D eigenvalue weighted by atomic mass is 10.1. The fourth-order valence-electron chi connectivity index (χ4n) is 3.59. The summed E-state index contributed by atoms with van der Waals surface area (Å²) in [6.45, 7) is 9.38. The maximum Gasteiger partial charge on any atom is 0.251 e. The molecule has 1 unspecified atom stereocenters. The van der Waals surface area contributed by atoms with Crippen LogP contribution in [-0.2, 0) is 21.2 Å². The average molecular weight is 457 g/mol. The largest absolute Gasteiger partial charge is 0.339 e. The zero-order valence-corrected chi connectivity index (χ0v) is 19.9. The van der Waals surface area contributed by atoms with E-state index in [0.717, 1.165) is 28.3 Å². The van der Waals surface area contributed by atoms with Gasteiger partial charge in [0, 0.05) is 29.7 Å². The topological polar surface area (TPSA) is 124 Å². The van der Waals surface area contributed by atoms with Gasteiger partial charge in [0.25, 0.3) is 5.95 Å². The molecule has 170 valence electrons. The molecule has 0 radical (unpaired) electrons. The van der Waals surface area contributed by atoms with Crippen molar-refractivity contribution in [3.05, 3.63) is 64.2 Å². The molecule has 1 amide bonds. The van der Waals surface area contributed by atoms with Crippen molar-refractivity contribution in [2.24, 2.45) is 5.14 Å². The summed E-state index contributed by atoms with van der Waals surface area (Å²) < 4.78 is 25.0. The number of sulfonamides is 1. The van der Waals surface area contributed by atoms with Gasteiger partial charge >= 0.3 is 0 Å². The molecule has 0 aliphatic rings.